The molecule has 2 aromatic carbocycles. The van der Waals surface area contributed by atoms with Crippen molar-refractivity contribution in [3.05, 3.63) is 58.7 Å². The number of likely N-dealkylation sites (tertiary alicyclic amines) is 2. The Balaban J connectivity index is 1.21. The number of carbonyl (C=O) groups is 4. The normalized spacial score (nSPS) is 21.0. The maximum atomic E-state index is 14.3. The van der Waals surface area contributed by atoms with Crippen molar-refractivity contribution in [3.63, 3.8) is 0 Å². The highest BCUT2D eigenvalue weighted by Gasteiger charge is 2.48. The van der Waals surface area contributed by atoms with Crippen LogP contribution < -0.4 is 20.1 Å². The first-order valence-electron chi connectivity index (χ1n) is 18.8. The molecule has 13 heteroatoms. The van der Waals surface area contributed by atoms with Crippen LogP contribution in [-0.2, 0) is 25.5 Å². The van der Waals surface area contributed by atoms with E-state index in [0.29, 0.717) is 54.1 Å². The van der Waals surface area contributed by atoms with Gasteiger partial charge in [0.2, 0.25) is 17.7 Å². The Kier molecular flexibility index (Phi) is 12.5. The van der Waals surface area contributed by atoms with Gasteiger partial charge in [-0.25, -0.2) is 0 Å². The van der Waals surface area contributed by atoms with Crippen molar-refractivity contribution in [3.8, 4) is 11.5 Å². The van der Waals surface area contributed by atoms with Crippen LogP contribution in [0.5, 0.6) is 11.5 Å². The zero-order chi connectivity index (χ0) is 37.6. The molecule has 0 saturated carbocycles. The molecule has 53 heavy (non-hydrogen) atoms. The van der Waals surface area contributed by atoms with Crippen molar-refractivity contribution in [2.75, 3.05) is 53.6 Å². The number of aromatic nitrogens is 1. The number of nitrogens with zero attached hydrogens (tertiary/aromatic N) is 2. The van der Waals surface area contributed by atoms with Gasteiger partial charge in [0.05, 0.1) is 25.6 Å². The van der Waals surface area contributed by atoms with Gasteiger partial charge in [0.1, 0.15) is 6.04 Å². The van der Waals surface area contributed by atoms with E-state index >= 15 is 0 Å². The number of nitrogens with one attached hydrogen (secondary N) is 3. The summed E-state index contributed by atoms with van der Waals surface area (Å²) in [5, 5.41) is 7.31. The number of benzene rings is 2. The molecular formula is C40H52ClN5O7. The van der Waals surface area contributed by atoms with Crippen molar-refractivity contribution in [2.45, 2.75) is 64.5 Å². The van der Waals surface area contributed by atoms with E-state index in [-0.39, 0.29) is 54.5 Å². The first-order valence-corrected chi connectivity index (χ1v) is 19.2. The predicted molar refractivity (Wildman–Crippen MR) is 202 cm³/mol. The number of piperidine rings is 1. The maximum absolute atomic E-state index is 14.3. The summed E-state index contributed by atoms with van der Waals surface area (Å²) < 4.78 is 16.9. The lowest BCUT2D eigenvalue weighted by molar-refractivity contribution is -0.140. The minimum absolute atomic E-state index is 0.0645. The molecule has 4 heterocycles. The number of likely N-dealkylation sites (N-methyl/N-ethyl adjacent to an activating group) is 1. The van der Waals surface area contributed by atoms with Crippen LogP contribution in [0.15, 0.2) is 42.6 Å². The standard InChI is InChI=1S/C40H52ClN5O7/c1-24(2)53-35-11-8-26(16-36(35)51-4)40(50)46-21-28-20-45(37(47)17-27-19-43-34-18-29(41)9-10-30(27)34)23-32(31(28)22-46)38(48)44-33(39(49)42-3)7-5-6-25-12-14-52-15-13-25/h8-11,16,18-19,24-25,28,31-33,43H,5-7,12-15,17,20-23H2,1-4H3,(H,42,49)(H,44,48)/t28?,31?,32?,33-/m0/s1. The van der Waals surface area contributed by atoms with E-state index in [1.54, 1.807) is 48.2 Å². The van der Waals surface area contributed by atoms with Gasteiger partial charge in [-0.1, -0.05) is 30.5 Å². The number of methoxy groups -OCH3 is 1. The molecule has 3 fully saturated rings. The van der Waals surface area contributed by atoms with E-state index in [0.717, 1.165) is 55.4 Å². The Hall–Kier alpha value is -4.29. The molecule has 0 bridgehead atoms. The third kappa shape index (κ3) is 9.09. The van der Waals surface area contributed by atoms with E-state index in [9.17, 15) is 19.2 Å². The number of halogens is 1. The van der Waals surface area contributed by atoms with Crippen LogP contribution in [0, 0.1) is 23.7 Å². The average molecular weight is 750 g/mol. The largest absolute Gasteiger partial charge is 0.493 e. The molecule has 6 rings (SSSR count). The van der Waals surface area contributed by atoms with Gasteiger partial charge >= 0.3 is 0 Å². The molecule has 3 saturated heterocycles. The molecule has 4 amide bonds. The number of hydrogen-bond donors (Lipinski definition) is 3. The predicted octanol–water partition coefficient (Wildman–Crippen LogP) is 4.83. The molecule has 3 aliphatic heterocycles. The van der Waals surface area contributed by atoms with Gasteiger partial charge in [0, 0.05) is 74.1 Å². The SMILES string of the molecule is CNC(=O)[C@H](CCCC1CCOCC1)NC(=O)C1CN(C(=O)Cc2c[nH]c3cc(Cl)ccc23)CC2CN(C(=O)c3ccc(OC(C)C)c(OC)c3)CC21. The van der Waals surface area contributed by atoms with E-state index in [1.165, 1.54) is 0 Å². The number of ether oxygens (including phenoxy) is 3. The van der Waals surface area contributed by atoms with E-state index in [2.05, 4.69) is 15.6 Å². The monoisotopic (exact) mass is 749 g/mol. The van der Waals surface area contributed by atoms with Crippen LogP contribution in [0.2, 0.25) is 5.02 Å². The Morgan fingerprint density at radius 1 is 1.00 bits per heavy atom. The molecule has 3 aromatic rings. The fourth-order valence-corrected chi connectivity index (χ4v) is 8.38. The minimum Gasteiger partial charge on any atom is -0.493 e. The molecule has 4 atom stereocenters. The molecular weight excluding hydrogens is 698 g/mol. The smallest absolute Gasteiger partial charge is 0.254 e. The van der Waals surface area contributed by atoms with Crippen molar-refractivity contribution < 1.29 is 33.4 Å². The third-order valence-electron chi connectivity index (χ3n) is 11.0. The number of H-pyrrole nitrogens is 1. The van der Waals surface area contributed by atoms with Crippen molar-refractivity contribution in [1.29, 1.82) is 0 Å². The van der Waals surface area contributed by atoms with Gasteiger partial charge in [0.15, 0.2) is 11.5 Å². The van der Waals surface area contributed by atoms with E-state index in [1.807, 2.05) is 32.2 Å². The lowest BCUT2D eigenvalue weighted by Gasteiger charge is -2.40. The highest BCUT2D eigenvalue weighted by atomic mass is 35.5. The number of aromatic amines is 1. The third-order valence-corrected chi connectivity index (χ3v) is 11.3. The number of rotatable bonds is 13. The van der Waals surface area contributed by atoms with Crippen molar-refractivity contribution in [1.82, 2.24) is 25.4 Å². The molecule has 3 aliphatic rings. The van der Waals surface area contributed by atoms with Gasteiger partial charge < -0.3 is 39.6 Å². The van der Waals surface area contributed by atoms with Crippen LogP contribution in [0.4, 0.5) is 0 Å². The Morgan fingerprint density at radius 3 is 2.51 bits per heavy atom. The molecule has 1 aromatic heterocycles. The molecule has 286 valence electrons. The Morgan fingerprint density at radius 2 is 1.77 bits per heavy atom. The average Bonchev–Trinajstić information content (AvgIpc) is 3.77. The summed E-state index contributed by atoms with van der Waals surface area (Å²) in [6.07, 6.45) is 6.21. The first kappa shape index (κ1) is 38.4. The number of carbonyl (C=O) groups excluding carboxylic acids is 4. The van der Waals surface area contributed by atoms with Gasteiger partial charge in [-0.2, -0.15) is 0 Å². The van der Waals surface area contributed by atoms with Crippen LogP contribution in [-0.4, -0.2) is 104 Å². The zero-order valence-corrected chi connectivity index (χ0v) is 31.9. The summed E-state index contributed by atoms with van der Waals surface area (Å²) >= 11 is 6.19. The van der Waals surface area contributed by atoms with Crippen LogP contribution in [0.3, 0.4) is 0 Å². The summed E-state index contributed by atoms with van der Waals surface area (Å²) in [6.45, 7) is 6.72. The highest BCUT2D eigenvalue weighted by molar-refractivity contribution is 6.31. The van der Waals surface area contributed by atoms with E-state index in [4.69, 9.17) is 25.8 Å². The lowest BCUT2D eigenvalue weighted by atomic mass is 9.79. The summed E-state index contributed by atoms with van der Waals surface area (Å²) in [7, 11) is 3.12. The van der Waals surface area contributed by atoms with Gasteiger partial charge in [-0.05, 0) is 86.8 Å². The van der Waals surface area contributed by atoms with E-state index < -0.39 is 12.0 Å². The fraction of sp³-hybridized carbons (Fsp3) is 0.550. The first-order chi connectivity index (χ1) is 25.5. The lowest BCUT2D eigenvalue weighted by Crippen LogP contribution is -2.56. The van der Waals surface area contributed by atoms with Crippen LogP contribution >= 0.6 is 11.6 Å². The topological polar surface area (TPSA) is 142 Å². The second-order valence-electron chi connectivity index (χ2n) is 14.9. The zero-order valence-electron chi connectivity index (χ0n) is 31.1. The molecule has 3 N–H and O–H groups in total. The van der Waals surface area contributed by atoms with Crippen LogP contribution in [0.25, 0.3) is 10.9 Å². The molecule has 3 unspecified atom stereocenters. The quantitative estimate of drug-likeness (QED) is 0.227. The fourth-order valence-electron chi connectivity index (χ4n) is 8.20. The summed E-state index contributed by atoms with van der Waals surface area (Å²) in [6, 6.07) is 9.98. The Labute approximate surface area is 316 Å². The molecule has 12 nitrogen and oxygen atoms in total. The number of amides is 4. The number of fused-ring (bicyclic) bond motifs is 2. The summed E-state index contributed by atoms with van der Waals surface area (Å²) in [5.74, 6) is -0.176. The minimum atomic E-state index is -0.701. The maximum Gasteiger partial charge on any atom is 0.254 e. The Bertz CT molecular complexity index is 1790. The van der Waals surface area contributed by atoms with Gasteiger partial charge in [0.25, 0.3) is 5.91 Å². The highest BCUT2D eigenvalue weighted by Crippen LogP contribution is 2.38. The molecule has 0 spiro atoms. The van der Waals surface area contributed by atoms with Crippen molar-refractivity contribution >= 4 is 46.1 Å². The van der Waals surface area contributed by atoms with Crippen molar-refractivity contribution in [2.24, 2.45) is 23.7 Å². The van der Waals surface area contributed by atoms with Gasteiger partial charge in [-0.3, -0.25) is 19.2 Å². The summed E-state index contributed by atoms with van der Waals surface area (Å²) in [4.78, 5) is 62.0. The molecule has 0 aliphatic carbocycles. The second kappa shape index (κ2) is 17.2. The summed E-state index contributed by atoms with van der Waals surface area (Å²) in [5.41, 5.74) is 2.14. The van der Waals surface area contributed by atoms with Gasteiger partial charge in [-0.15, -0.1) is 0 Å². The number of hydrogen-bond acceptors (Lipinski definition) is 7. The molecule has 0 radical (unpaired) electrons. The second-order valence-corrected chi connectivity index (χ2v) is 15.4. The van der Waals surface area contributed by atoms with Crippen LogP contribution in [0.1, 0.15) is 61.9 Å².